The molecule has 5 nitrogen and oxygen atoms in total. The van der Waals surface area contributed by atoms with Crippen molar-refractivity contribution in [3.63, 3.8) is 0 Å². The van der Waals surface area contributed by atoms with Gasteiger partial charge in [-0.3, -0.25) is 4.79 Å². The van der Waals surface area contributed by atoms with Gasteiger partial charge in [0.25, 0.3) is 5.91 Å². The zero-order valence-electron chi connectivity index (χ0n) is 9.58. The van der Waals surface area contributed by atoms with Gasteiger partial charge in [-0.15, -0.1) is 0 Å². The van der Waals surface area contributed by atoms with Gasteiger partial charge in [0.05, 0.1) is 11.9 Å². The van der Waals surface area contributed by atoms with E-state index >= 15 is 0 Å². The van der Waals surface area contributed by atoms with Crippen LogP contribution in [0.15, 0.2) is 53.8 Å². The summed E-state index contributed by atoms with van der Waals surface area (Å²) in [5.41, 5.74) is 3.58. The van der Waals surface area contributed by atoms with E-state index in [0.29, 0.717) is 5.56 Å². The van der Waals surface area contributed by atoms with Gasteiger partial charge < -0.3 is 10.1 Å². The number of aromatic nitrogens is 1. The summed E-state index contributed by atoms with van der Waals surface area (Å²) >= 11 is 0. The van der Waals surface area contributed by atoms with Crippen LogP contribution in [0.2, 0.25) is 0 Å². The lowest BCUT2D eigenvalue weighted by molar-refractivity contribution is -0.129. The molecule has 0 aliphatic carbocycles. The van der Waals surface area contributed by atoms with Crippen LogP contribution in [0.3, 0.4) is 0 Å². The Morgan fingerprint density at radius 1 is 1.28 bits per heavy atom. The molecule has 0 saturated carbocycles. The van der Waals surface area contributed by atoms with E-state index in [4.69, 9.17) is 0 Å². The van der Waals surface area contributed by atoms with Crippen molar-refractivity contribution in [1.82, 2.24) is 10.4 Å². The maximum absolute atomic E-state index is 11.6. The van der Waals surface area contributed by atoms with Gasteiger partial charge in [-0.05, 0) is 17.7 Å². The van der Waals surface area contributed by atoms with E-state index in [1.165, 1.54) is 6.21 Å². The van der Waals surface area contributed by atoms with Crippen molar-refractivity contribution in [2.45, 2.75) is 6.10 Å². The summed E-state index contributed by atoms with van der Waals surface area (Å²) in [5.74, 6) is -0.566. The highest BCUT2D eigenvalue weighted by atomic mass is 16.3. The van der Waals surface area contributed by atoms with E-state index in [-0.39, 0.29) is 0 Å². The van der Waals surface area contributed by atoms with Gasteiger partial charge in [-0.25, -0.2) is 5.43 Å². The smallest absolute Gasteiger partial charge is 0.273 e. The first kappa shape index (κ1) is 12.1. The van der Waals surface area contributed by atoms with E-state index in [1.54, 1.807) is 30.5 Å². The number of H-pyrrole nitrogens is 1. The minimum absolute atomic E-state index is 0.532. The lowest BCUT2D eigenvalue weighted by Crippen LogP contribution is -2.25. The van der Waals surface area contributed by atoms with Gasteiger partial charge in [-0.2, -0.15) is 5.10 Å². The van der Waals surface area contributed by atoms with Crippen LogP contribution < -0.4 is 5.43 Å². The van der Waals surface area contributed by atoms with Crippen molar-refractivity contribution in [1.29, 1.82) is 0 Å². The van der Waals surface area contributed by atoms with Gasteiger partial charge in [0.1, 0.15) is 0 Å². The van der Waals surface area contributed by atoms with Crippen LogP contribution in [0.25, 0.3) is 0 Å². The van der Waals surface area contributed by atoms with Crippen molar-refractivity contribution in [2.75, 3.05) is 0 Å². The molecule has 1 aromatic heterocycles. The molecule has 1 amide bonds. The fourth-order valence-electron chi connectivity index (χ4n) is 1.44. The van der Waals surface area contributed by atoms with Gasteiger partial charge in [0.15, 0.2) is 6.10 Å². The second kappa shape index (κ2) is 5.79. The maximum Gasteiger partial charge on any atom is 0.273 e. The second-order valence-electron chi connectivity index (χ2n) is 3.67. The number of amides is 1. The highest BCUT2D eigenvalue weighted by Gasteiger charge is 2.15. The number of aliphatic hydroxyl groups excluding tert-OH is 1. The van der Waals surface area contributed by atoms with Crippen molar-refractivity contribution in [3.8, 4) is 0 Å². The molecule has 5 heteroatoms. The quantitative estimate of drug-likeness (QED) is 0.557. The summed E-state index contributed by atoms with van der Waals surface area (Å²) in [7, 11) is 0. The Morgan fingerprint density at radius 2 is 2.06 bits per heavy atom. The second-order valence-corrected chi connectivity index (χ2v) is 3.67. The van der Waals surface area contributed by atoms with Crippen LogP contribution in [-0.4, -0.2) is 22.2 Å². The number of nitrogens with zero attached hydrogens (tertiary/aromatic N) is 1. The molecule has 1 aromatic carbocycles. The molecular weight excluding hydrogens is 230 g/mol. The summed E-state index contributed by atoms with van der Waals surface area (Å²) in [5, 5.41) is 13.5. The number of benzene rings is 1. The van der Waals surface area contributed by atoms with Crippen LogP contribution in [0.1, 0.15) is 17.4 Å². The molecule has 0 bridgehead atoms. The Bertz CT molecular complexity index is 520. The molecule has 2 rings (SSSR count). The Hall–Kier alpha value is -2.40. The average molecular weight is 243 g/mol. The number of hydrazone groups is 1. The molecule has 0 radical (unpaired) electrons. The molecule has 0 unspecified atom stereocenters. The van der Waals surface area contributed by atoms with Crippen LogP contribution in [0, 0.1) is 0 Å². The van der Waals surface area contributed by atoms with Crippen LogP contribution in [-0.2, 0) is 4.79 Å². The number of rotatable bonds is 4. The van der Waals surface area contributed by atoms with Crippen LogP contribution >= 0.6 is 0 Å². The van der Waals surface area contributed by atoms with E-state index in [1.807, 2.05) is 18.2 Å². The molecule has 1 atom stereocenters. The lowest BCUT2D eigenvalue weighted by atomic mass is 10.1. The monoisotopic (exact) mass is 243 g/mol. The third-order valence-electron chi connectivity index (χ3n) is 2.36. The standard InChI is InChI=1S/C13H13N3O2/c17-12(10-5-2-1-3-6-10)13(18)16-15-9-11-7-4-8-14-11/h1-9,12,14,17H,(H,16,18)/b15-9-/t12-/m0/s1. The topological polar surface area (TPSA) is 77.5 Å². The van der Waals surface area contributed by atoms with Crippen LogP contribution in [0.5, 0.6) is 0 Å². The molecule has 0 spiro atoms. The number of aromatic amines is 1. The van der Waals surface area contributed by atoms with Crippen LogP contribution in [0.4, 0.5) is 0 Å². The minimum atomic E-state index is -1.22. The molecule has 92 valence electrons. The number of carbonyl (C=O) groups excluding carboxylic acids is 1. The van der Waals surface area contributed by atoms with E-state index in [9.17, 15) is 9.90 Å². The molecule has 18 heavy (non-hydrogen) atoms. The first-order valence-corrected chi connectivity index (χ1v) is 5.46. The summed E-state index contributed by atoms with van der Waals surface area (Å²) in [6.07, 6.45) is 2.00. The zero-order chi connectivity index (χ0) is 12.8. The first-order chi connectivity index (χ1) is 8.77. The summed E-state index contributed by atoms with van der Waals surface area (Å²) in [4.78, 5) is 14.5. The highest BCUT2D eigenvalue weighted by molar-refractivity contribution is 5.84. The number of hydrogen-bond donors (Lipinski definition) is 3. The Morgan fingerprint density at radius 3 is 2.72 bits per heavy atom. The van der Waals surface area contributed by atoms with Crippen molar-refractivity contribution in [3.05, 3.63) is 59.9 Å². The first-order valence-electron chi connectivity index (χ1n) is 5.46. The molecule has 2 aromatic rings. The summed E-state index contributed by atoms with van der Waals surface area (Å²) in [6, 6.07) is 12.3. The predicted octanol–water partition coefficient (Wildman–Crippen LogP) is 1.20. The van der Waals surface area contributed by atoms with Gasteiger partial charge >= 0.3 is 0 Å². The molecule has 3 N–H and O–H groups in total. The van der Waals surface area contributed by atoms with E-state index in [0.717, 1.165) is 5.69 Å². The van der Waals surface area contributed by atoms with Gasteiger partial charge in [0, 0.05) is 6.20 Å². The van der Waals surface area contributed by atoms with E-state index in [2.05, 4.69) is 15.5 Å². The molecule has 0 aliphatic heterocycles. The highest BCUT2D eigenvalue weighted by Crippen LogP contribution is 2.11. The normalized spacial score (nSPS) is 12.5. The molecule has 0 aliphatic rings. The Labute approximate surface area is 104 Å². The lowest BCUT2D eigenvalue weighted by Gasteiger charge is -2.08. The van der Waals surface area contributed by atoms with E-state index < -0.39 is 12.0 Å². The molecular formula is C13H13N3O2. The zero-order valence-corrected chi connectivity index (χ0v) is 9.58. The summed E-state index contributed by atoms with van der Waals surface area (Å²) in [6.45, 7) is 0. The number of carbonyl (C=O) groups is 1. The SMILES string of the molecule is O=C(N/N=C\c1ccc[nH]1)[C@@H](O)c1ccccc1. The largest absolute Gasteiger partial charge is 0.378 e. The third-order valence-corrected chi connectivity index (χ3v) is 2.36. The Balaban J connectivity index is 1.92. The average Bonchev–Trinajstić information content (AvgIpc) is 2.92. The Kier molecular flexibility index (Phi) is 3.88. The predicted molar refractivity (Wildman–Crippen MR) is 67.9 cm³/mol. The molecule has 0 saturated heterocycles. The number of nitrogens with one attached hydrogen (secondary N) is 2. The third kappa shape index (κ3) is 3.05. The fraction of sp³-hybridized carbons (Fsp3) is 0.0769. The van der Waals surface area contributed by atoms with Gasteiger partial charge in [0.2, 0.25) is 0 Å². The number of hydrogen-bond acceptors (Lipinski definition) is 3. The van der Waals surface area contributed by atoms with Crippen molar-refractivity contribution < 1.29 is 9.90 Å². The summed E-state index contributed by atoms with van der Waals surface area (Å²) < 4.78 is 0. The fourth-order valence-corrected chi connectivity index (χ4v) is 1.44. The van der Waals surface area contributed by atoms with Crippen molar-refractivity contribution in [2.24, 2.45) is 5.10 Å². The molecule has 0 fully saturated rings. The minimum Gasteiger partial charge on any atom is -0.378 e. The maximum atomic E-state index is 11.6. The number of aliphatic hydroxyl groups is 1. The molecule has 1 heterocycles. The van der Waals surface area contributed by atoms with Gasteiger partial charge in [-0.1, -0.05) is 30.3 Å². The van der Waals surface area contributed by atoms with Crippen molar-refractivity contribution >= 4 is 12.1 Å².